The smallest absolute Gasteiger partial charge is 0.308 e. The van der Waals surface area contributed by atoms with Crippen LogP contribution in [0.1, 0.15) is 37.5 Å². The highest BCUT2D eigenvalue weighted by Crippen LogP contribution is 2.25. The van der Waals surface area contributed by atoms with Crippen LogP contribution in [0.3, 0.4) is 0 Å². The number of esters is 1. The predicted molar refractivity (Wildman–Crippen MR) is 73.5 cm³/mol. The molecule has 4 heteroatoms. The second kappa shape index (κ2) is 6.90. The molecule has 1 aliphatic rings. The van der Waals surface area contributed by atoms with Gasteiger partial charge in [-0.3, -0.25) is 4.79 Å². The van der Waals surface area contributed by atoms with Crippen molar-refractivity contribution in [3.05, 3.63) is 22.4 Å². The third-order valence-electron chi connectivity index (χ3n) is 3.44. The van der Waals surface area contributed by atoms with Gasteiger partial charge < -0.3 is 10.1 Å². The Morgan fingerprint density at radius 2 is 2.44 bits per heavy atom. The van der Waals surface area contributed by atoms with Crippen LogP contribution in [0.25, 0.3) is 0 Å². The molecule has 0 aromatic carbocycles. The van der Waals surface area contributed by atoms with Gasteiger partial charge in [-0.1, -0.05) is 12.5 Å². The highest BCUT2D eigenvalue weighted by atomic mass is 32.1. The van der Waals surface area contributed by atoms with Gasteiger partial charge in [-0.15, -0.1) is 11.3 Å². The van der Waals surface area contributed by atoms with Crippen molar-refractivity contribution in [2.75, 3.05) is 6.61 Å². The lowest BCUT2D eigenvalue weighted by molar-refractivity contribution is -0.149. The molecule has 1 aromatic heterocycles. The van der Waals surface area contributed by atoms with Crippen LogP contribution in [0.5, 0.6) is 0 Å². The van der Waals surface area contributed by atoms with Gasteiger partial charge in [0.05, 0.1) is 12.5 Å². The molecule has 1 saturated carbocycles. The molecule has 1 N–H and O–H groups in total. The third-order valence-corrected chi connectivity index (χ3v) is 4.32. The number of carbonyl (C=O) groups excluding carboxylic acids is 1. The molecule has 2 unspecified atom stereocenters. The molecule has 1 fully saturated rings. The Bertz CT molecular complexity index is 364. The first kappa shape index (κ1) is 13.6. The Morgan fingerprint density at radius 1 is 1.56 bits per heavy atom. The predicted octanol–water partition coefficient (Wildman–Crippen LogP) is 2.96. The zero-order valence-electron chi connectivity index (χ0n) is 10.9. The Labute approximate surface area is 113 Å². The van der Waals surface area contributed by atoms with E-state index in [1.165, 1.54) is 11.3 Å². The molecule has 1 heterocycles. The topological polar surface area (TPSA) is 38.3 Å². The van der Waals surface area contributed by atoms with Crippen molar-refractivity contribution in [2.24, 2.45) is 5.92 Å². The monoisotopic (exact) mass is 267 g/mol. The average Bonchev–Trinajstić information content (AvgIpc) is 2.90. The normalized spacial score (nSPS) is 23.8. The van der Waals surface area contributed by atoms with E-state index in [2.05, 4.69) is 22.8 Å². The maximum Gasteiger partial charge on any atom is 0.308 e. The van der Waals surface area contributed by atoms with E-state index in [1.807, 2.05) is 6.92 Å². The molecule has 0 spiro atoms. The van der Waals surface area contributed by atoms with Crippen LogP contribution in [0, 0.1) is 5.92 Å². The van der Waals surface area contributed by atoms with Crippen LogP contribution in [-0.4, -0.2) is 18.6 Å². The van der Waals surface area contributed by atoms with E-state index in [0.717, 1.165) is 25.8 Å². The van der Waals surface area contributed by atoms with Gasteiger partial charge in [0.15, 0.2) is 0 Å². The van der Waals surface area contributed by atoms with Crippen LogP contribution in [0.2, 0.25) is 0 Å². The SMILES string of the molecule is CCOC(=O)C1CCCC(NCc2cccs2)C1. The standard InChI is InChI=1S/C14H21NO2S/c1-2-17-14(16)11-5-3-6-12(9-11)15-10-13-7-4-8-18-13/h4,7-8,11-12,15H,2-3,5-6,9-10H2,1H3. The molecule has 0 radical (unpaired) electrons. The summed E-state index contributed by atoms with van der Waals surface area (Å²) in [6, 6.07) is 4.67. The van der Waals surface area contributed by atoms with Gasteiger partial charge in [0.1, 0.15) is 0 Å². The zero-order chi connectivity index (χ0) is 12.8. The van der Waals surface area contributed by atoms with Crippen molar-refractivity contribution in [3.63, 3.8) is 0 Å². The third kappa shape index (κ3) is 3.82. The van der Waals surface area contributed by atoms with E-state index in [4.69, 9.17) is 4.74 Å². The van der Waals surface area contributed by atoms with Crippen molar-refractivity contribution in [1.29, 1.82) is 0 Å². The summed E-state index contributed by atoms with van der Waals surface area (Å²) < 4.78 is 5.12. The molecule has 0 aliphatic heterocycles. The quantitative estimate of drug-likeness (QED) is 0.834. The van der Waals surface area contributed by atoms with Crippen LogP contribution in [0.4, 0.5) is 0 Å². The van der Waals surface area contributed by atoms with E-state index >= 15 is 0 Å². The van der Waals surface area contributed by atoms with Crippen LogP contribution in [0.15, 0.2) is 17.5 Å². The van der Waals surface area contributed by atoms with Crippen molar-refractivity contribution in [3.8, 4) is 0 Å². The van der Waals surface area contributed by atoms with Gasteiger partial charge in [-0.2, -0.15) is 0 Å². The number of ether oxygens (including phenoxy) is 1. The van der Waals surface area contributed by atoms with E-state index in [1.54, 1.807) is 11.3 Å². The highest BCUT2D eigenvalue weighted by molar-refractivity contribution is 7.09. The van der Waals surface area contributed by atoms with E-state index in [-0.39, 0.29) is 11.9 Å². The molecule has 0 amide bonds. The molecule has 2 atom stereocenters. The van der Waals surface area contributed by atoms with E-state index in [9.17, 15) is 4.79 Å². The molecular formula is C14H21NO2S. The molecular weight excluding hydrogens is 246 g/mol. The van der Waals surface area contributed by atoms with Gasteiger partial charge >= 0.3 is 5.97 Å². The van der Waals surface area contributed by atoms with Crippen molar-refractivity contribution in [2.45, 2.75) is 45.2 Å². The molecule has 100 valence electrons. The first-order chi connectivity index (χ1) is 8.79. The van der Waals surface area contributed by atoms with Gasteiger partial charge in [0, 0.05) is 17.5 Å². The summed E-state index contributed by atoms with van der Waals surface area (Å²) in [4.78, 5) is 13.1. The fraction of sp³-hybridized carbons (Fsp3) is 0.643. The van der Waals surface area contributed by atoms with E-state index in [0.29, 0.717) is 12.6 Å². The lowest BCUT2D eigenvalue weighted by Gasteiger charge is -2.28. The van der Waals surface area contributed by atoms with Gasteiger partial charge in [0.2, 0.25) is 0 Å². The molecule has 3 nitrogen and oxygen atoms in total. The average molecular weight is 267 g/mol. The maximum atomic E-state index is 11.7. The Hall–Kier alpha value is -0.870. The van der Waals surface area contributed by atoms with Gasteiger partial charge in [-0.25, -0.2) is 0 Å². The fourth-order valence-electron chi connectivity index (χ4n) is 2.51. The molecule has 1 aromatic rings. The first-order valence-corrected chi connectivity index (χ1v) is 7.60. The van der Waals surface area contributed by atoms with Crippen molar-refractivity contribution < 1.29 is 9.53 Å². The minimum atomic E-state index is -0.0138. The largest absolute Gasteiger partial charge is 0.466 e. The summed E-state index contributed by atoms with van der Waals surface area (Å²) in [5, 5.41) is 5.65. The second-order valence-corrected chi connectivity index (χ2v) is 5.81. The summed E-state index contributed by atoms with van der Waals surface area (Å²) in [7, 11) is 0. The Balaban J connectivity index is 1.77. The first-order valence-electron chi connectivity index (χ1n) is 6.72. The summed E-state index contributed by atoms with van der Waals surface area (Å²) in [6.45, 7) is 3.27. The summed E-state index contributed by atoms with van der Waals surface area (Å²) in [5.74, 6) is 0.0830. The minimum Gasteiger partial charge on any atom is -0.466 e. The number of rotatable bonds is 5. The van der Waals surface area contributed by atoms with Gasteiger partial charge in [0.25, 0.3) is 0 Å². The number of thiophene rings is 1. The molecule has 1 aliphatic carbocycles. The zero-order valence-corrected chi connectivity index (χ0v) is 11.7. The summed E-state index contributed by atoms with van der Waals surface area (Å²) in [5.41, 5.74) is 0. The molecule has 0 bridgehead atoms. The second-order valence-electron chi connectivity index (χ2n) is 4.77. The number of carbonyl (C=O) groups is 1. The van der Waals surface area contributed by atoms with Crippen LogP contribution >= 0.6 is 11.3 Å². The van der Waals surface area contributed by atoms with Crippen LogP contribution < -0.4 is 5.32 Å². The summed E-state index contributed by atoms with van der Waals surface area (Å²) >= 11 is 1.77. The maximum absolute atomic E-state index is 11.7. The van der Waals surface area contributed by atoms with Crippen LogP contribution in [-0.2, 0) is 16.1 Å². The number of nitrogens with one attached hydrogen (secondary N) is 1. The highest BCUT2D eigenvalue weighted by Gasteiger charge is 2.27. The fourth-order valence-corrected chi connectivity index (χ4v) is 3.16. The molecule has 18 heavy (non-hydrogen) atoms. The van der Waals surface area contributed by atoms with Crippen molar-refractivity contribution in [1.82, 2.24) is 5.32 Å². The minimum absolute atomic E-state index is 0.0138. The summed E-state index contributed by atoms with van der Waals surface area (Å²) in [6.07, 6.45) is 4.19. The van der Waals surface area contributed by atoms with Gasteiger partial charge in [-0.05, 0) is 37.6 Å². The molecule has 0 saturated heterocycles. The lowest BCUT2D eigenvalue weighted by Crippen LogP contribution is -2.36. The number of hydrogen-bond donors (Lipinski definition) is 1. The lowest BCUT2D eigenvalue weighted by atomic mass is 9.86. The van der Waals surface area contributed by atoms with Crippen molar-refractivity contribution >= 4 is 17.3 Å². The van der Waals surface area contributed by atoms with E-state index < -0.39 is 0 Å². The Morgan fingerprint density at radius 3 is 3.17 bits per heavy atom. The molecule has 2 rings (SSSR count). The Kier molecular flexibility index (Phi) is 5.20. The number of hydrogen-bond acceptors (Lipinski definition) is 4.